The Labute approximate surface area is 226 Å². The lowest BCUT2D eigenvalue weighted by Crippen LogP contribution is -2.44. The van der Waals surface area contributed by atoms with E-state index in [9.17, 15) is 23.3 Å². The molecule has 0 saturated carbocycles. The van der Waals surface area contributed by atoms with E-state index in [-0.39, 0.29) is 16.6 Å². The Bertz CT molecular complexity index is 1680. The van der Waals surface area contributed by atoms with Gasteiger partial charge in [-0.05, 0) is 60.4 Å². The van der Waals surface area contributed by atoms with Crippen LogP contribution in [0.5, 0.6) is 0 Å². The smallest absolute Gasteiger partial charge is 0.324 e. The number of hydrogen-bond acceptors (Lipinski definition) is 7. The first kappa shape index (κ1) is 27.6. The normalized spacial score (nSPS) is 12.2. The van der Waals surface area contributed by atoms with Gasteiger partial charge in [0.2, 0.25) is 10.0 Å². The first-order valence-corrected chi connectivity index (χ1v) is 13.6. The number of methoxy groups -OCH3 is 1. The van der Waals surface area contributed by atoms with E-state index in [1.165, 1.54) is 19.2 Å². The van der Waals surface area contributed by atoms with Gasteiger partial charge in [-0.25, -0.2) is 8.42 Å². The highest BCUT2D eigenvalue weighted by atomic mass is 32.2. The number of nitrogens with one attached hydrogen (secondary N) is 2. The number of sulfonamides is 1. The number of aryl methyl sites for hydroxylation is 1. The van der Waals surface area contributed by atoms with Crippen LogP contribution in [0.3, 0.4) is 0 Å². The number of nitriles is 1. The highest BCUT2D eigenvalue weighted by molar-refractivity contribution is 7.89. The van der Waals surface area contributed by atoms with E-state index in [4.69, 9.17) is 9.15 Å². The summed E-state index contributed by atoms with van der Waals surface area (Å²) in [7, 11) is -2.74. The number of rotatable bonds is 8. The van der Waals surface area contributed by atoms with E-state index < -0.39 is 27.9 Å². The van der Waals surface area contributed by atoms with Gasteiger partial charge in [0.1, 0.15) is 11.6 Å². The summed E-state index contributed by atoms with van der Waals surface area (Å²) >= 11 is 0. The Morgan fingerprint density at radius 1 is 0.974 bits per heavy atom. The Morgan fingerprint density at radius 2 is 1.59 bits per heavy atom. The van der Waals surface area contributed by atoms with Crippen molar-refractivity contribution in [2.24, 2.45) is 5.92 Å². The van der Waals surface area contributed by atoms with E-state index in [1.54, 1.807) is 75.4 Å². The van der Waals surface area contributed by atoms with Crippen LogP contribution >= 0.6 is 0 Å². The van der Waals surface area contributed by atoms with Crippen molar-refractivity contribution < 1.29 is 27.2 Å². The number of amides is 1. The molecule has 0 spiro atoms. The molecule has 39 heavy (non-hydrogen) atoms. The van der Waals surface area contributed by atoms with Crippen LogP contribution in [0.25, 0.3) is 22.1 Å². The number of carbonyl (C=O) groups is 2. The number of benzene rings is 3. The van der Waals surface area contributed by atoms with E-state index >= 15 is 0 Å². The summed E-state index contributed by atoms with van der Waals surface area (Å²) in [5.74, 6) is -1.25. The van der Waals surface area contributed by atoms with Gasteiger partial charge < -0.3 is 14.5 Å². The molecule has 1 heterocycles. The Kier molecular flexibility index (Phi) is 7.85. The van der Waals surface area contributed by atoms with Gasteiger partial charge in [-0.2, -0.15) is 9.98 Å². The molecule has 0 aliphatic carbocycles. The molecule has 2 N–H and O–H groups in total. The molecule has 0 aliphatic rings. The van der Waals surface area contributed by atoms with Gasteiger partial charge in [-0.3, -0.25) is 9.59 Å². The summed E-state index contributed by atoms with van der Waals surface area (Å²) in [4.78, 5) is 24.9. The van der Waals surface area contributed by atoms with Gasteiger partial charge in [-0.15, -0.1) is 0 Å². The van der Waals surface area contributed by atoms with Gasteiger partial charge in [-0.1, -0.05) is 44.2 Å². The Hall–Kier alpha value is -4.46. The van der Waals surface area contributed by atoms with Crippen molar-refractivity contribution >= 4 is 38.6 Å². The van der Waals surface area contributed by atoms with Crippen molar-refractivity contribution in [3.05, 3.63) is 83.6 Å². The average Bonchev–Trinajstić information content (AvgIpc) is 3.28. The summed E-state index contributed by atoms with van der Waals surface area (Å²) in [5, 5.41) is 12.8. The fraction of sp³-hybridized carbons (Fsp3) is 0.207. The zero-order valence-electron chi connectivity index (χ0n) is 21.8. The minimum Gasteiger partial charge on any atom is -0.468 e. The van der Waals surface area contributed by atoms with Gasteiger partial charge in [0.15, 0.2) is 5.76 Å². The van der Waals surface area contributed by atoms with Crippen LogP contribution in [0, 0.1) is 24.2 Å². The molecule has 1 aromatic heterocycles. The zero-order chi connectivity index (χ0) is 28.3. The topological polar surface area (TPSA) is 138 Å². The highest BCUT2D eigenvalue weighted by Gasteiger charge is 2.29. The van der Waals surface area contributed by atoms with E-state index in [2.05, 4.69) is 16.1 Å². The van der Waals surface area contributed by atoms with Crippen molar-refractivity contribution in [1.29, 1.82) is 5.26 Å². The maximum Gasteiger partial charge on any atom is 0.324 e. The molecule has 1 amide bonds. The van der Waals surface area contributed by atoms with Gasteiger partial charge in [0, 0.05) is 16.6 Å². The number of hydrogen-bond donors (Lipinski definition) is 2. The summed E-state index contributed by atoms with van der Waals surface area (Å²) in [6.07, 6.45) is 0. The molecular formula is C29H27N3O6S. The van der Waals surface area contributed by atoms with E-state index in [0.717, 1.165) is 11.1 Å². The number of esters is 1. The first-order valence-electron chi connectivity index (χ1n) is 12.1. The van der Waals surface area contributed by atoms with Crippen molar-refractivity contribution in [3.8, 4) is 17.2 Å². The number of nitrogens with zero attached hydrogens (tertiary/aromatic N) is 1. The fourth-order valence-corrected chi connectivity index (χ4v) is 5.52. The fourth-order valence-electron chi connectivity index (χ4n) is 4.19. The number of furan rings is 1. The van der Waals surface area contributed by atoms with Gasteiger partial charge in [0.05, 0.1) is 23.6 Å². The number of carbonyl (C=O) groups excluding carboxylic acids is 2. The molecule has 9 nitrogen and oxygen atoms in total. The van der Waals surface area contributed by atoms with Crippen molar-refractivity contribution in [1.82, 2.24) is 4.72 Å². The van der Waals surface area contributed by atoms with E-state index in [1.807, 2.05) is 0 Å². The molecule has 200 valence electrons. The lowest BCUT2D eigenvalue weighted by Gasteiger charge is -2.19. The second-order valence-electron chi connectivity index (χ2n) is 9.27. The molecule has 0 fully saturated rings. The van der Waals surface area contributed by atoms with Crippen molar-refractivity contribution in [2.75, 3.05) is 12.4 Å². The third-order valence-electron chi connectivity index (χ3n) is 6.33. The predicted molar refractivity (Wildman–Crippen MR) is 146 cm³/mol. The second kappa shape index (κ2) is 11.1. The average molecular weight is 546 g/mol. The number of fused-ring (bicyclic) bond motifs is 1. The second-order valence-corrected chi connectivity index (χ2v) is 11.0. The first-order chi connectivity index (χ1) is 18.6. The van der Waals surface area contributed by atoms with Crippen molar-refractivity contribution in [2.45, 2.75) is 31.7 Å². The monoisotopic (exact) mass is 545 g/mol. The van der Waals surface area contributed by atoms with Crippen LogP contribution in [-0.2, 0) is 19.6 Å². The molecule has 4 rings (SSSR count). The molecular weight excluding hydrogens is 518 g/mol. The summed E-state index contributed by atoms with van der Waals surface area (Å²) in [5.41, 5.74) is 3.60. The third kappa shape index (κ3) is 5.70. The highest BCUT2D eigenvalue weighted by Crippen LogP contribution is 2.29. The number of ether oxygens (including phenoxy) is 1. The molecule has 4 aromatic rings. The quantitative estimate of drug-likeness (QED) is 0.297. The summed E-state index contributed by atoms with van der Waals surface area (Å²) < 4.78 is 38.5. The maximum atomic E-state index is 12.9. The zero-order valence-corrected chi connectivity index (χ0v) is 22.6. The largest absolute Gasteiger partial charge is 0.468 e. The standard InChI is InChI=1S/C29H27N3O6S/c1-17(2)26(29(34)37-4)32-39(35,36)23-14-10-20(11-15-23)19-8-12-22(13-9-19)31-28(33)27-18(3)25-21(16-30)6-5-7-24(25)38-27/h5-15,17,26,32H,1-4H3,(H,31,33). The molecule has 10 heteroatoms. The molecule has 1 atom stereocenters. The summed E-state index contributed by atoms with van der Waals surface area (Å²) in [6.45, 7) is 5.19. The van der Waals surface area contributed by atoms with Crippen LogP contribution in [0.15, 0.2) is 76.0 Å². The Balaban J connectivity index is 1.48. The minimum atomic E-state index is -3.95. The van der Waals surface area contributed by atoms with Crippen LogP contribution in [-0.4, -0.2) is 33.4 Å². The predicted octanol–water partition coefficient (Wildman–Crippen LogP) is 5.01. The molecule has 0 aliphatic heterocycles. The number of anilines is 1. The minimum absolute atomic E-state index is 0.0189. The van der Waals surface area contributed by atoms with Crippen LogP contribution < -0.4 is 10.0 Å². The molecule has 0 bridgehead atoms. The van der Waals surface area contributed by atoms with Crippen LogP contribution in [0.1, 0.15) is 35.5 Å². The van der Waals surface area contributed by atoms with Gasteiger partial charge >= 0.3 is 5.97 Å². The Morgan fingerprint density at radius 3 is 2.15 bits per heavy atom. The van der Waals surface area contributed by atoms with Crippen LogP contribution in [0.4, 0.5) is 5.69 Å². The lowest BCUT2D eigenvalue weighted by molar-refractivity contribution is -0.143. The molecule has 3 aromatic carbocycles. The van der Waals surface area contributed by atoms with E-state index in [0.29, 0.717) is 27.8 Å². The SMILES string of the molecule is COC(=O)C(NS(=O)(=O)c1ccc(-c2ccc(NC(=O)c3oc4cccc(C#N)c4c3C)cc2)cc1)C(C)C. The molecule has 1 unspecified atom stereocenters. The maximum absolute atomic E-state index is 12.9. The van der Waals surface area contributed by atoms with Crippen LogP contribution in [0.2, 0.25) is 0 Å². The van der Waals surface area contributed by atoms with Crippen molar-refractivity contribution in [3.63, 3.8) is 0 Å². The molecule has 0 saturated heterocycles. The summed E-state index contributed by atoms with van der Waals surface area (Å²) in [6, 6.07) is 19.5. The van der Waals surface area contributed by atoms with Gasteiger partial charge in [0.25, 0.3) is 5.91 Å². The third-order valence-corrected chi connectivity index (χ3v) is 7.78. The lowest BCUT2D eigenvalue weighted by atomic mass is 10.1. The molecule has 0 radical (unpaired) electrons.